The van der Waals surface area contributed by atoms with Gasteiger partial charge in [-0.25, -0.2) is 0 Å². The minimum atomic E-state index is -4.27. The van der Waals surface area contributed by atoms with Gasteiger partial charge < -0.3 is 10.6 Å². The van der Waals surface area contributed by atoms with Gasteiger partial charge in [0.15, 0.2) is 5.96 Å². The molecule has 0 spiro atoms. The van der Waals surface area contributed by atoms with E-state index >= 15 is 0 Å². The fraction of sp³-hybridized carbons (Fsp3) is 0.632. The first kappa shape index (κ1) is 22.3. The number of halogens is 4. The zero-order valence-electron chi connectivity index (χ0n) is 15.6. The molecule has 1 unspecified atom stereocenters. The molecule has 1 heterocycles. The van der Waals surface area contributed by atoms with Gasteiger partial charge in [0.1, 0.15) is 0 Å². The molecule has 0 bridgehead atoms. The van der Waals surface area contributed by atoms with Crippen LogP contribution in [0.1, 0.15) is 36.8 Å². The largest absolute Gasteiger partial charge is 0.416 e. The Bertz CT molecular complexity index is 614. The van der Waals surface area contributed by atoms with Crippen LogP contribution in [0, 0.1) is 5.92 Å². The van der Waals surface area contributed by atoms with Crippen molar-refractivity contribution in [2.45, 2.75) is 44.4 Å². The number of hydrogen-bond donors (Lipinski definition) is 2. The monoisotopic (exact) mass is 496 g/mol. The predicted octanol–water partition coefficient (Wildman–Crippen LogP) is 3.86. The lowest BCUT2D eigenvalue weighted by molar-refractivity contribution is -0.137. The quantitative estimate of drug-likeness (QED) is 0.357. The van der Waals surface area contributed by atoms with Crippen molar-refractivity contribution in [1.29, 1.82) is 0 Å². The Morgan fingerprint density at radius 2 is 1.89 bits per heavy atom. The average molecular weight is 496 g/mol. The van der Waals surface area contributed by atoms with Crippen LogP contribution in [0.4, 0.5) is 13.2 Å². The van der Waals surface area contributed by atoms with Gasteiger partial charge in [-0.15, -0.1) is 24.0 Å². The van der Waals surface area contributed by atoms with Crippen LogP contribution in [-0.2, 0) is 12.7 Å². The lowest BCUT2D eigenvalue weighted by Crippen LogP contribution is -2.44. The van der Waals surface area contributed by atoms with Crippen LogP contribution >= 0.6 is 24.0 Å². The van der Waals surface area contributed by atoms with Gasteiger partial charge in [-0.3, -0.25) is 9.89 Å². The van der Waals surface area contributed by atoms with E-state index in [2.05, 4.69) is 20.5 Å². The molecule has 1 saturated carbocycles. The van der Waals surface area contributed by atoms with Crippen LogP contribution in [0.25, 0.3) is 0 Å². The van der Waals surface area contributed by atoms with E-state index < -0.39 is 11.7 Å². The molecule has 1 saturated heterocycles. The summed E-state index contributed by atoms with van der Waals surface area (Å²) in [6.45, 7) is 3.42. The Morgan fingerprint density at radius 1 is 1.19 bits per heavy atom. The molecule has 0 aromatic heterocycles. The Labute approximate surface area is 176 Å². The number of rotatable bonds is 6. The highest BCUT2D eigenvalue weighted by Gasteiger charge is 2.30. The van der Waals surface area contributed by atoms with Crippen molar-refractivity contribution in [3.8, 4) is 0 Å². The molecule has 1 aromatic rings. The Balaban J connectivity index is 0.00000261. The predicted molar refractivity (Wildman–Crippen MR) is 112 cm³/mol. The molecule has 4 nitrogen and oxygen atoms in total. The molecule has 27 heavy (non-hydrogen) atoms. The highest BCUT2D eigenvalue weighted by Crippen LogP contribution is 2.31. The maximum Gasteiger partial charge on any atom is 0.416 e. The summed E-state index contributed by atoms with van der Waals surface area (Å²) in [4.78, 5) is 6.54. The average Bonchev–Trinajstić information content (AvgIpc) is 3.32. The molecular formula is C19H28F3IN4. The van der Waals surface area contributed by atoms with E-state index in [1.165, 1.54) is 19.3 Å². The van der Waals surface area contributed by atoms with Crippen molar-refractivity contribution in [3.05, 3.63) is 35.4 Å². The molecule has 8 heteroatoms. The van der Waals surface area contributed by atoms with E-state index in [0.717, 1.165) is 55.6 Å². The first-order valence-electron chi connectivity index (χ1n) is 9.29. The SMILES string of the molecule is CN=C(NCCC1CC1)NC1CCN(Cc2ccc(C(F)(F)F)cc2)C1.I. The summed E-state index contributed by atoms with van der Waals surface area (Å²) in [6, 6.07) is 5.78. The van der Waals surface area contributed by atoms with Gasteiger partial charge >= 0.3 is 6.18 Å². The zero-order chi connectivity index (χ0) is 18.6. The van der Waals surface area contributed by atoms with E-state index in [1.54, 1.807) is 19.2 Å². The van der Waals surface area contributed by atoms with E-state index in [0.29, 0.717) is 12.6 Å². The third-order valence-electron chi connectivity index (χ3n) is 5.07. The van der Waals surface area contributed by atoms with Gasteiger partial charge in [-0.05, 0) is 36.5 Å². The van der Waals surface area contributed by atoms with E-state index in [9.17, 15) is 13.2 Å². The second-order valence-electron chi connectivity index (χ2n) is 7.29. The fourth-order valence-electron chi connectivity index (χ4n) is 3.34. The molecule has 2 aliphatic rings. The fourth-order valence-corrected chi connectivity index (χ4v) is 3.34. The molecule has 0 radical (unpaired) electrons. The standard InChI is InChI=1S/C19H27F3N4.HI/c1-23-18(24-10-8-14-2-3-14)25-17-9-11-26(13-17)12-15-4-6-16(7-5-15)19(20,21)22;/h4-7,14,17H,2-3,8-13H2,1H3,(H2,23,24,25);1H. The third-order valence-corrected chi connectivity index (χ3v) is 5.07. The summed E-state index contributed by atoms with van der Waals surface area (Å²) < 4.78 is 37.9. The molecule has 2 fully saturated rings. The van der Waals surface area contributed by atoms with Crippen LogP contribution in [0.5, 0.6) is 0 Å². The van der Waals surface area contributed by atoms with Crippen molar-refractivity contribution >= 4 is 29.9 Å². The first-order chi connectivity index (χ1) is 12.4. The molecule has 152 valence electrons. The van der Waals surface area contributed by atoms with E-state index in [-0.39, 0.29) is 24.0 Å². The van der Waals surface area contributed by atoms with Crippen LogP contribution in [0.2, 0.25) is 0 Å². The number of benzene rings is 1. The second kappa shape index (κ2) is 9.95. The van der Waals surface area contributed by atoms with E-state index in [1.807, 2.05) is 0 Å². The zero-order valence-corrected chi connectivity index (χ0v) is 17.9. The molecule has 0 amide bonds. The molecule has 2 N–H and O–H groups in total. The number of nitrogens with one attached hydrogen (secondary N) is 2. The van der Waals surface area contributed by atoms with Gasteiger partial charge in [0, 0.05) is 39.3 Å². The van der Waals surface area contributed by atoms with Crippen molar-refractivity contribution in [1.82, 2.24) is 15.5 Å². The summed E-state index contributed by atoms with van der Waals surface area (Å²) in [5, 5.41) is 6.82. The summed E-state index contributed by atoms with van der Waals surface area (Å²) in [5.74, 6) is 1.73. The van der Waals surface area contributed by atoms with Crippen molar-refractivity contribution in [2.75, 3.05) is 26.7 Å². The number of aliphatic imine (C=N–C) groups is 1. The molecule has 1 aliphatic carbocycles. The normalized spacial score (nSPS) is 21.0. The summed E-state index contributed by atoms with van der Waals surface area (Å²) in [7, 11) is 1.78. The Hall–Kier alpha value is -1.03. The summed E-state index contributed by atoms with van der Waals surface area (Å²) in [6.07, 6.45) is 0.642. The molecule has 1 atom stereocenters. The van der Waals surface area contributed by atoms with Crippen molar-refractivity contribution < 1.29 is 13.2 Å². The number of alkyl halides is 3. The second-order valence-corrected chi connectivity index (χ2v) is 7.29. The maximum atomic E-state index is 12.6. The number of guanidine groups is 1. The minimum absolute atomic E-state index is 0. The number of hydrogen-bond acceptors (Lipinski definition) is 2. The van der Waals surface area contributed by atoms with Gasteiger partial charge in [0.25, 0.3) is 0 Å². The van der Waals surface area contributed by atoms with Gasteiger partial charge in [0.2, 0.25) is 0 Å². The Morgan fingerprint density at radius 3 is 2.48 bits per heavy atom. The molecule has 1 aliphatic heterocycles. The van der Waals surface area contributed by atoms with Gasteiger partial charge in [0.05, 0.1) is 5.56 Å². The van der Waals surface area contributed by atoms with Crippen LogP contribution in [0.15, 0.2) is 29.3 Å². The topological polar surface area (TPSA) is 39.7 Å². The lowest BCUT2D eigenvalue weighted by Gasteiger charge is -2.19. The smallest absolute Gasteiger partial charge is 0.356 e. The van der Waals surface area contributed by atoms with Crippen molar-refractivity contribution in [3.63, 3.8) is 0 Å². The molecular weight excluding hydrogens is 468 g/mol. The number of likely N-dealkylation sites (tertiary alicyclic amines) is 1. The van der Waals surface area contributed by atoms with Crippen molar-refractivity contribution in [2.24, 2.45) is 10.9 Å². The lowest BCUT2D eigenvalue weighted by atomic mass is 10.1. The highest BCUT2D eigenvalue weighted by molar-refractivity contribution is 14.0. The van der Waals surface area contributed by atoms with Crippen LogP contribution < -0.4 is 10.6 Å². The Kier molecular flexibility index (Phi) is 8.20. The first-order valence-corrected chi connectivity index (χ1v) is 9.29. The maximum absolute atomic E-state index is 12.6. The minimum Gasteiger partial charge on any atom is -0.356 e. The molecule has 3 rings (SSSR count). The number of nitrogens with zero attached hydrogens (tertiary/aromatic N) is 2. The van der Waals surface area contributed by atoms with Gasteiger partial charge in [-0.1, -0.05) is 25.0 Å². The summed E-state index contributed by atoms with van der Waals surface area (Å²) >= 11 is 0. The third kappa shape index (κ3) is 7.14. The highest BCUT2D eigenvalue weighted by atomic mass is 127. The van der Waals surface area contributed by atoms with Crippen LogP contribution in [-0.4, -0.2) is 43.6 Å². The molecule has 1 aromatic carbocycles. The van der Waals surface area contributed by atoms with E-state index in [4.69, 9.17) is 0 Å². The van der Waals surface area contributed by atoms with Gasteiger partial charge in [-0.2, -0.15) is 13.2 Å². The van der Waals surface area contributed by atoms with Crippen LogP contribution in [0.3, 0.4) is 0 Å². The summed E-state index contributed by atoms with van der Waals surface area (Å²) in [5.41, 5.74) is 0.314.